The van der Waals surface area contributed by atoms with E-state index < -0.39 is 0 Å². The van der Waals surface area contributed by atoms with Crippen LogP contribution in [0.4, 0.5) is 5.69 Å². The van der Waals surface area contributed by atoms with E-state index in [-0.39, 0.29) is 11.4 Å². The van der Waals surface area contributed by atoms with Crippen molar-refractivity contribution in [1.82, 2.24) is 5.32 Å². The smallest absolute Gasteiger partial charge is 0.253 e. The lowest BCUT2D eigenvalue weighted by atomic mass is 9.53. The van der Waals surface area contributed by atoms with Gasteiger partial charge in [-0.05, 0) is 80.9 Å². The fraction of sp³-hybridized carbons (Fsp3) is 0.611. The molecule has 0 aromatic heterocycles. The second-order valence-corrected chi connectivity index (χ2v) is 7.74. The summed E-state index contributed by atoms with van der Waals surface area (Å²) in [4.78, 5) is 12.7. The van der Waals surface area contributed by atoms with Crippen molar-refractivity contribution >= 4 is 11.6 Å². The van der Waals surface area contributed by atoms with Crippen molar-refractivity contribution in [2.45, 2.75) is 51.0 Å². The summed E-state index contributed by atoms with van der Waals surface area (Å²) in [5.41, 5.74) is 8.41. The van der Waals surface area contributed by atoms with Gasteiger partial charge in [-0.3, -0.25) is 4.79 Å². The van der Waals surface area contributed by atoms with Crippen LogP contribution in [0.3, 0.4) is 0 Å². The minimum Gasteiger partial charge on any atom is -0.398 e. The van der Waals surface area contributed by atoms with E-state index in [1.165, 1.54) is 38.5 Å². The number of nitrogens with one attached hydrogen (secondary N) is 1. The predicted octanol–water partition coefficient (Wildman–Crippen LogP) is 3.28. The molecular formula is C18H24N2O. The van der Waals surface area contributed by atoms with Gasteiger partial charge in [0.25, 0.3) is 5.91 Å². The van der Waals surface area contributed by atoms with Crippen LogP contribution < -0.4 is 11.1 Å². The van der Waals surface area contributed by atoms with Gasteiger partial charge in [-0.25, -0.2) is 0 Å². The minimum atomic E-state index is 0.0226. The van der Waals surface area contributed by atoms with Crippen molar-refractivity contribution in [3.63, 3.8) is 0 Å². The highest BCUT2D eigenvalue weighted by molar-refractivity contribution is 5.99. The van der Waals surface area contributed by atoms with Crippen molar-refractivity contribution in [1.29, 1.82) is 0 Å². The molecule has 4 saturated carbocycles. The summed E-state index contributed by atoms with van der Waals surface area (Å²) < 4.78 is 0. The Morgan fingerprint density at radius 1 is 1.14 bits per heavy atom. The van der Waals surface area contributed by atoms with Gasteiger partial charge in [0, 0.05) is 11.2 Å². The average molecular weight is 284 g/mol. The van der Waals surface area contributed by atoms with Crippen LogP contribution >= 0.6 is 0 Å². The van der Waals surface area contributed by atoms with Gasteiger partial charge in [-0.15, -0.1) is 0 Å². The standard InChI is InChI=1S/C18H24N2O/c1-11-2-3-15(16(19)4-11)17(21)20-18-8-12-5-13(9-18)7-14(6-12)10-18/h2-4,12-14H,5-10,19H2,1H3,(H,20,21). The Morgan fingerprint density at radius 2 is 1.71 bits per heavy atom. The number of nitrogen functional groups attached to an aromatic ring is 1. The van der Waals surface area contributed by atoms with Crippen LogP contribution in [0.25, 0.3) is 0 Å². The number of hydrogen-bond acceptors (Lipinski definition) is 2. The van der Waals surface area contributed by atoms with Crippen LogP contribution in [0.1, 0.15) is 54.4 Å². The summed E-state index contributed by atoms with van der Waals surface area (Å²) in [7, 11) is 0. The molecule has 0 heterocycles. The van der Waals surface area contributed by atoms with E-state index in [2.05, 4.69) is 5.32 Å². The Balaban J connectivity index is 1.57. The maximum Gasteiger partial charge on any atom is 0.253 e. The van der Waals surface area contributed by atoms with E-state index in [0.717, 1.165) is 23.3 Å². The van der Waals surface area contributed by atoms with Gasteiger partial charge in [0.1, 0.15) is 0 Å². The van der Waals surface area contributed by atoms with Crippen LogP contribution in [-0.4, -0.2) is 11.4 Å². The van der Waals surface area contributed by atoms with Crippen LogP contribution in [0.5, 0.6) is 0 Å². The van der Waals surface area contributed by atoms with Gasteiger partial charge in [-0.2, -0.15) is 0 Å². The van der Waals surface area contributed by atoms with E-state index in [9.17, 15) is 4.79 Å². The van der Waals surface area contributed by atoms with E-state index in [1.807, 2.05) is 25.1 Å². The Labute approximate surface area is 126 Å². The van der Waals surface area contributed by atoms with Crippen LogP contribution in [0, 0.1) is 24.7 Å². The molecule has 3 N–H and O–H groups in total. The molecule has 0 spiro atoms. The lowest BCUT2D eigenvalue weighted by Crippen LogP contribution is -2.59. The molecule has 4 aliphatic rings. The molecule has 4 fully saturated rings. The fourth-order valence-corrected chi connectivity index (χ4v) is 5.46. The van der Waals surface area contributed by atoms with Crippen molar-refractivity contribution in [3.05, 3.63) is 29.3 Å². The highest BCUT2D eigenvalue weighted by Gasteiger charge is 2.51. The predicted molar refractivity (Wildman–Crippen MR) is 84.0 cm³/mol. The molecule has 0 atom stereocenters. The zero-order valence-corrected chi connectivity index (χ0v) is 12.7. The molecule has 1 aromatic carbocycles. The first kappa shape index (κ1) is 13.2. The largest absolute Gasteiger partial charge is 0.398 e. The number of carbonyl (C=O) groups excluding carboxylic acids is 1. The van der Waals surface area contributed by atoms with Gasteiger partial charge in [0.05, 0.1) is 5.56 Å². The quantitative estimate of drug-likeness (QED) is 0.819. The number of nitrogens with two attached hydrogens (primary N) is 1. The molecule has 0 aliphatic heterocycles. The Bertz CT molecular complexity index is 558. The van der Waals surface area contributed by atoms with Crippen LogP contribution in [0.2, 0.25) is 0 Å². The second kappa shape index (κ2) is 4.49. The summed E-state index contributed by atoms with van der Waals surface area (Å²) >= 11 is 0. The third-order valence-electron chi connectivity index (χ3n) is 5.87. The number of anilines is 1. The summed E-state index contributed by atoms with van der Waals surface area (Å²) in [5, 5.41) is 3.38. The Morgan fingerprint density at radius 3 is 2.24 bits per heavy atom. The van der Waals surface area contributed by atoms with Gasteiger partial charge in [0.15, 0.2) is 0 Å². The van der Waals surface area contributed by atoms with E-state index in [0.29, 0.717) is 11.3 Å². The van der Waals surface area contributed by atoms with Crippen molar-refractivity contribution in [2.24, 2.45) is 17.8 Å². The van der Waals surface area contributed by atoms with E-state index in [4.69, 9.17) is 5.73 Å². The van der Waals surface area contributed by atoms with E-state index >= 15 is 0 Å². The highest BCUT2D eigenvalue weighted by atomic mass is 16.1. The van der Waals surface area contributed by atoms with Gasteiger partial charge >= 0.3 is 0 Å². The van der Waals surface area contributed by atoms with Crippen molar-refractivity contribution in [2.75, 3.05) is 5.73 Å². The number of hydrogen-bond donors (Lipinski definition) is 2. The molecule has 0 unspecified atom stereocenters. The Hall–Kier alpha value is -1.51. The highest BCUT2D eigenvalue weighted by Crippen LogP contribution is 2.55. The lowest BCUT2D eigenvalue weighted by Gasteiger charge is -2.56. The molecule has 1 amide bonds. The van der Waals surface area contributed by atoms with Crippen LogP contribution in [0.15, 0.2) is 18.2 Å². The molecule has 0 saturated heterocycles. The molecule has 3 nitrogen and oxygen atoms in total. The molecule has 4 aliphatic carbocycles. The zero-order chi connectivity index (χ0) is 14.6. The molecule has 3 heteroatoms. The number of aryl methyl sites for hydroxylation is 1. The first-order valence-electron chi connectivity index (χ1n) is 8.22. The maximum atomic E-state index is 12.7. The summed E-state index contributed by atoms with van der Waals surface area (Å²) in [6, 6.07) is 5.71. The summed E-state index contributed by atoms with van der Waals surface area (Å²) in [6.07, 6.45) is 7.70. The minimum absolute atomic E-state index is 0.0226. The topological polar surface area (TPSA) is 55.1 Å². The summed E-state index contributed by atoms with van der Waals surface area (Å²) in [6.45, 7) is 2.00. The number of benzene rings is 1. The number of amides is 1. The molecule has 5 rings (SSSR count). The lowest BCUT2D eigenvalue weighted by molar-refractivity contribution is -0.0166. The molecule has 0 radical (unpaired) electrons. The molecule has 21 heavy (non-hydrogen) atoms. The monoisotopic (exact) mass is 284 g/mol. The van der Waals surface area contributed by atoms with Gasteiger partial charge < -0.3 is 11.1 Å². The van der Waals surface area contributed by atoms with Crippen molar-refractivity contribution < 1.29 is 4.79 Å². The number of carbonyl (C=O) groups is 1. The molecular weight excluding hydrogens is 260 g/mol. The van der Waals surface area contributed by atoms with Gasteiger partial charge in [-0.1, -0.05) is 6.07 Å². The molecule has 1 aromatic rings. The zero-order valence-electron chi connectivity index (χ0n) is 12.7. The third kappa shape index (κ3) is 2.23. The first-order chi connectivity index (χ1) is 10.0. The third-order valence-corrected chi connectivity index (χ3v) is 5.87. The van der Waals surface area contributed by atoms with Crippen molar-refractivity contribution in [3.8, 4) is 0 Å². The maximum absolute atomic E-state index is 12.7. The molecule has 112 valence electrons. The fourth-order valence-electron chi connectivity index (χ4n) is 5.46. The normalized spacial score (nSPS) is 36.7. The van der Waals surface area contributed by atoms with E-state index in [1.54, 1.807) is 0 Å². The molecule has 4 bridgehead atoms. The SMILES string of the molecule is Cc1ccc(C(=O)NC23CC4CC(CC(C4)C2)C3)c(N)c1. The second-order valence-electron chi connectivity index (χ2n) is 7.74. The summed E-state index contributed by atoms with van der Waals surface area (Å²) in [5.74, 6) is 2.54. The van der Waals surface area contributed by atoms with Gasteiger partial charge in [0.2, 0.25) is 0 Å². The van der Waals surface area contributed by atoms with Crippen LogP contribution in [-0.2, 0) is 0 Å². The first-order valence-corrected chi connectivity index (χ1v) is 8.22. The average Bonchev–Trinajstić information content (AvgIpc) is 2.35. The Kier molecular flexibility index (Phi) is 2.82. The number of rotatable bonds is 2.